The summed E-state index contributed by atoms with van der Waals surface area (Å²) in [7, 11) is 0. The Morgan fingerprint density at radius 3 is 2.35 bits per heavy atom. The maximum absolute atomic E-state index is 14.5. The predicted molar refractivity (Wildman–Crippen MR) is 106 cm³/mol. The normalized spacial score (nSPS) is 15.8. The van der Waals surface area contributed by atoms with E-state index in [9.17, 15) is 9.18 Å². The molecular formula is C21H26ClFN2O. The van der Waals surface area contributed by atoms with E-state index in [2.05, 4.69) is 17.6 Å². The van der Waals surface area contributed by atoms with Crippen LogP contribution in [0.25, 0.3) is 11.1 Å². The fourth-order valence-corrected chi connectivity index (χ4v) is 3.22. The number of carbonyl (C=O) groups excluding carboxylic acids is 1. The van der Waals surface area contributed by atoms with E-state index in [1.165, 1.54) is 6.07 Å². The molecule has 5 heteroatoms. The predicted octanol–water partition coefficient (Wildman–Crippen LogP) is 4.34. The molecule has 0 spiro atoms. The Morgan fingerprint density at radius 1 is 1.12 bits per heavy atom. The van der Waals surface area contributed by atoms with Gasteiger partial charge in [0, 0.05) is 6.54 Å². The SMILES string of the molecule is Cc1ccc(-c2ccc(C(=O)NCC3(C)CCNCC3)c(F)c2)cc1.Cl. The van der Waals surface area contributed by atoms with Gasteiger partial charge in [0.25, 0.3) is 5.91 Å². The van der Waals surface area contributed by atoms with Gasteiger partial charge < -0.3 is 10.6 Å². The molecule has 3 rings (SSSR count). The van der Waals surface area contributed by atoms with Gasteiger partial charge in [-0.25, -0.2) is 4.39 Å². The molecule has 1 aliphatic heterocycles. The van der Waals surface area contributed by atoms with Crippen molar-refractivity contribution in [3.8, 4) is 11.1 Å². The summed E-state index contributed by atoms with van der Waals surface area (Å²) < 4.78 is 14.5. The van der Waals surface area contributed by atoms with Crippen molar-refractivity contribution >= 4 is 18.3 Å². The first-order chi connectivity index (χ1) is 12.0. The van der Waals surface area contributed by atoms with Crippen LogP contribution in [0.1, 0.15) is 35.7 Å². The lowest BCUT2D eigenvalue weighted by molar-refractivity contribution is 0.0918. The number of halogens is 2. The summed E-state index contributed by atoms with van der Waals surface area (Å²) in [4.78, 5) is 12.4. The average molecular weight is 377 g/mol. The van der Waals surface area contributed by atoms with Crippen molar-refractivity contribution in [2.45, 2.75) is 26.7 Å². The monoisotopic (exact) mass is 376 g/mol. The summed E-state index contributed by atoms with van der Waals surface area (Å²) in [6, 6.07) is 12.7. The summed E-state index contributed by atoms with van der Waals surface area (Å²) in [5.41, 5.74) is 3.07. The third kappa shape index (κ3) is 4.83. The molecule has 140 valence electrons. The first kappa shape index (κ1) is 20.4. The first-order valence-electron chi connectivity index (χ1n) is 8.82. The highest BCUT2D eigenvalue weighted by molar-refractivity contribution is 5.95. The molecule has 1 aliphatic rings. The molecule has 26 heavy (non-hydrogen) atoms. The van der Waals surface area contributed by atoms with Crippen LogP contribution in [0.2, 0.25) is 0 Å². The molecule has 0 unspecified atom stereocenters. The van der Waals surface area contributed by atoms with Crippen molar-refractivity contribution in [1.29, 1.82) is 0 Å². The van der Waals surface area contributed by atoms with Gasteiger partial charge in [0.1, 0.15) is 5.82 Å². The fourth-order valence-electron chi connectivity index (χ4n) is 3.22. The molecule has 1 amide bonds. The first-order valence-corrected chi connectivity index (χ1v) is 8.82. The Bertz CT molecular complexity index is 755. The lowest BCUT2D eigenvalue weighted by Crippen LogP contribution is -2.43. The number of piperidine rings is 1. The van der Waals surface area contributed by atoms with Crippen molar-refractivity contribution in [3.05, 3.63) is 59.4 Å². The van der Waals surface area contributed by atoms with Crippen LogP contribution >= 0.6 is 12.4 Å². The zero-order valence-electron chi connectivity index (χ0n) is 15.3. The maximum Gasteiger partial charge on any atom is 0.254 e. The lowest BCUT2D eigenvalue weighted by atomic mass is 9.81. The minimum atomic E-state index is -0.481. The van der Waals surface area contributed by atoms with E-state index >= 15 is 0 Å². The highest BCUT2D eigenvalue weighted by Crippen LogP contribution is 2.27. The van der Waals surface area contributed by atoms with Gasteiger partial charge in [-0.1, -0.05) is 42.8 Å². The van der Waals surface area contributed by atoms with Crippen LogP contribution < -0.4 is 10.6 Å². The summed E-state index contributed by atoms with van der Waals surface area (Å²) in [6.07, 6.45) is 2.03. The molecule has 0 radical (unpaired) electrons. The van der Waals surface area contributed by atoms with Gasteiger partial charge in [-0.2, -0.15) is 0 Å². The largest absolute Gasteiger partial charge is 0.351 e. The van der Waals surface area contributed by atoms with Gasteiger partial charge >= 0.3 is 0 Å². The molecule has 0 atom stereocenters. The number of nitrogens with one attached hydrogen (secondary N) is 2. The third-order valence-electron chi connectivity index (χ3n) is 5.08. The molecule has 0 aliphatic carbocycles. The van der Waals surface area contributed by atoms with Gasteiger partial charge in [-0.15, -0.1) is 12.4 Å². The van der Waals surface area contributed by atoms with Gasteiger partial charge in [0.15, 0.2) is 0 Å². The van der Waals surface area contributed by atoms with Crippen LogP contribution in [0.3, 0.4) is 0 Å². The summed E-state index contributed by atoms with van der Waals surface area (Å²) >= 11 is 0. The molecule has 1 saturated heterocycles. The Morgan fingerprint density at radius 2 is 1.73 bits per heavy atom. The van der Waals surface area contributed by atoms with Crippen molar-refractivity contribution in [3.63, 3.8) is 0 Å². The number of hydrogen-bond acceptors (Lipinski definition) is 2. The topological polar surface area (TPSA) is 41.1 Å². The van der Waals surface area contributed by atoms with Crippen molar-refractivity contribution in [2.24, 2.45) is 5.41 Å². The number of aryl methyl sites for hydroxylation is 1. The average Bonchev–Trinajstić information content (AvgIpc) is 2.61. The van der Waals surface area contributed by atoms with E-state index < -0.39 is 5.82 Å². The Labute approximate surface area is 160 Å². The smallest absolute Gasteiger partial charge is 0.254 e. The zero-order chi connectivity index (χ0) is 17.9. The summed E-state index contributed by atoms with van der Waals surface area (Å²) in [5.74, 6) is -0.821. The number of carbonyl (C=O) groups is 1. The van der Waals surface area contributed by atoms with Crippen LogP contribution in [0.15, 0.2) is 42.5 Å². The number of benzene rings is 2. The minimum Gasteiger partial charge on any atom is -0.351 e. The van der Waals surface area contributed by atoms with E-state index in [-0.39, 0.29) is 29.3 Å². The standard InChI is InChI=1S/C21H25FN2O.ClH/c1-15-3-5-16(6-4-15)17-7-8-18(19(22)13-17)20(25)24-14-21(2)9-11-23-12-10-21;/h3-8,13,23H,9-12,14H2,1-2H3,(H,24,25);1H. The van der Waals surface area contributed by atoms with Gasteiger partial charge in [-0.05, 0) is 61.5 Å². The highest BCUT2D eigenvalue weighted by atomic mass is 35.5. The Hall–Kier alpha value is -1.91. The lowest BCUT2D eigenvalue weighted by Gasteiger charge is -2.34. The molecule has 2 N–H and O–H groups in total. The molecule has 1 fully saturated rings. The molecular weight excluding hydrogens is 351 g/mol. The highest BCUT2D eigenvalue weighted by Gasteiger charge is 2.27. The number of rotatable bonds is 4. The van der Waals surface area contributed by atoms with Crippen molar-refractivity contribution < 1.29 is 9.18 Å². The van der Waals surface area contributed by atoms with E-state index in [0.29, 0.717) is 6.54 Å². The van der Waals surface area contributed by atoms with Gasteiger partial charge in [-0.3, -0.25) is 4.79 Å². The second kappa shape index (κ2) is 8.65. The van der Waals surface area contributed by atoms with Crippen LogP contribution in [-0.2, 0) is 0 Å². The van der Waals surface area contributed by atoms with Crippen LogP contribution in [0, 0.1) is 18.2 Å². The molecule has 0 aromatic heterocycles. The molecule has 2 aromatic carbocycles. The van der Waals surface area contributed by atoms with E-state index in [0.717, 1.165) is 42.6 Å². The quantitative estimate of drug-likeness (QED) is 0.833. The van der Waals surface area contributed by atoms with Crippen molar-refractivity contribution in [1.82, 2.24) is 10.6 Å². The van der Waals surface area contributed by atoms with Crippen LogP contribution in [-0.4, -0.2) is 25.5 Å². The second-order valence-corrected chi connectivity index (χ2v) is 7.30. The summed E-state index contributed by atoms with van der Waals surface area (Å²) in [5, 5.41) is 6.23. The Kier molecular flexibility index (Phi) is 6.79. The Balaban J connectivity index is 0.00000243. The van der Waals surface area contributed by atoms with Crippen molar-refractivity contribution in [2.75, 3.05) is 19.6 Å². The summed E-state index contributed by atoms with van der Waals surface area (Å²) in [6.45, 7) is 6.69. The third-order valence-corrected chi connectivity index (χ3v) is 5.08. The zero-order valence-corrected chi connectivity index (χ0v) is 16.1. The maximum atomic E-state index is 14.5. The van der Waals surface area contributed by atoms with Gasteiger partial charge in [0.2, 0.25) is 0 Å². The molecule has 1 heterocycles. The minimum absolute atomic E-state index is 0. The molecule has 3 nitrogen and oxygen atoms in total. The van der Waals surface area contributed by atoms with Crippen LogP contribution in [0.5, 0.6) is 0 Å². The molecule has 0 saturated carbocycles. The van der Waals surface area contributed by atoms with E-state index in [1.54, 1.807) is 12.1 Å². The van der Waals surface area contributed by atoms with Gasteiger partial charge in [0.05, 0.1) is 5.56 Å². The molecule has 2 aromatic rings. The number of amides is 1. The van der Waals surface area contributed by atoms with Crippen LogP contribution in [0.4, 0.5) is 4.39 Å². The number of hydrogen-bond donors (Lipinski definition) is 2. The fraction of sp³-hybridized carbons (Fsp3) is 0.381. The second-order valence-electron chi connectivity index (χ2n) is 7.30. The van der Waals surface area contributed by atoms with E-state index in [1.807, 2.05) is 31.2 Å². The molecule has 0 bridgehead atoms. The van der Waals surface area contributed by atoms with E-state index in [4.69, 9.17) is 0 Å².